The smallest absolute Gasteiger partial charge is 0.311 e. The zero-order valence-electron chi connectivity index (χ0n) is 13.6. The highest BCUT2D eigenvalue weighted by Crippen LogP contribution is 2.37. The van der Waals surface area contributed by atoms with Gasteiger partial charge in [0, 0.05) is 17.7 Å². The van der Waals surface area contributed by atoms with Crippen LogP contribution in [-0.2, 0) is 11.2 Å². The molecule has 1 atom stereocenters. The summed E-state index contributed by atoms with van der Waals surface area (Å²) in [6.45, 7) is 0. The van der Waals surface area contributed by atoms with Crippen molar-refractivity contribution in [1.29, 1.82) is 0 Å². The molecule has 2 rings (SSSR count). The van der Waals surface area contributed by atoms with Crippen molar-refractivity contribution in [2.45, 2.75) is 12.3 Å². The van der Waals surface area contributed by atoms with Crippen molar-refractivity contribution in [1.82, 2.24) is 0 Å². The number of carbonyl (C=O) groups is 1. The van der Waals surface area contributed by atoms with Gasteiger partial charge in [-0.2, -0.15) is 0 Å². The summed E-state index contributed by atoms with van der Waals surface area (Å²) in [5.41, 5.74) is 0.564. The number of aromatic hydroxyl groups is 1. The van der Waals surface area contributed by atoms with E-state index in [1.165, 1.54) is 50.6 Å². The fraction of sp³-hybridized carbons (Fsp3) is 0.235. The van der Waals surface area contributed by atoms with Crippen LogP contribution in [0.15, 0.2) is 36.4 Å². The van der Waals surface area contributed by atoms with Gasteiger partial charge in [0.2, 0.25) is 5.75 Å². The largest absolute Gasteiger partial charge is 0.508 e. The number of carboxylic acid groups (broad SMARTS) is 1. The Morgan fingerprint density at radius 3 is 2.24 bits per heavy atom. The fourth-order valence-corrected chi connectivity index (χ4v) is 2.52. The summed E-state index contributed by atoms with van der Waals surface area (Å²) >= 11 is 0. The van der Waals surface area contributed by atoms with Crippen molar-refractivity contribution in [2.75, 3.05) is 14.2 Å². The van der Waals surface area contributed by atoms with Crippen LogP contribution in [0.5, 0.6) is 17.2 Å². The predicted molar refractivity (Wildman–Crippen MR) is 88.4 cm³/mol. The van der Waals surface area contributed by atoms with E-state index in [4.69, 9.17) is 9.47 Å². The first-order valence-corrected chi connectivity index (χ1v) is 7.28. The Kier molecular flexibility index (Phi) is 5.43. The number of nitrogens with zero attached hydrogens (tertiary/aromatic N) is 1. The van der Waals surface area contributed by atoms with Gasteiger partial charge >= 0.3 is 11.7 Å². The molecular weight excluding hydrogens is 330 g/mol. The van der Waals surface area contributed by atoms with E-state index in [1.807, 2.05) is 0 Å². The summed E-state index contributed by atoms with van der Waals surface area (Å²) < 4.78 is 10.2. The number of aliphatic carboxylic acids is 1. The van der Waals surface area contributed by atoms with Crippen LogP contribution in [-0.4, -0.2) is 35.3 Å². The molecule has 0 heterocycles. The molecular formula is C17H17NO7. The average Bonchev–Trinajstić information content (AvgIpc) is 2.59. The maximum absolute atomic E-state index is 11.7. The molecule has 0 bridgehead atoms. The van der Waals surface area contributed by atoms with Gasteiger partial charge in [-0.3, -0.25) is 14.9 Å². The minimum absolute atomic E-state index is 0.0190. The SMILES string of the molecule is COc1cc(OC)c([N+](=O)[O-])cc1CC(C(=O)O)c1ccc(O)cc1. The zero-order chi connectivity index (χ0) is 18.6. The molecule has 2 aromatic carbocycles. The van der Waals surface area contributed by atoms with Crippen molar-refractivity contribution in [3.05, 3.63) is 57.6 Å². The van der Waals surface area contributed by atoms with Crippen molar-refractivity contribution in [3.8, 4) is 17.2 Å². The molecule has 1 unspecified atom stereocenters. The van der Waals surface area contributed by atoms with E-state index in [9.17, 15) is 25.1 Å². The molecule has 8 heteroatoms. The summed E-state index contributed by atoms with van der Waals surface area (Å²) in [5, 5.41) is 30.1. The number of phenolic OH excluding ortho intramolecular Hbond substituents is 1. The Balaban J connectivity index is 2.48. The maximum atomic E-state index is 11.7. The minimum Gasteiger partial charge on any atom is -0.508 e. The Morgan fingerprint density at radius 1 is 1.16 bits per heavy atom. The Bertz CT molecular complexity index is 786. The standard InChI is InChI=1S/C17H17NO7/c1-24-15-9-16(25-2)14(18(22)23)8-11(15)7-13(17(20)21)10-3-5-12(19)6-4-10/h3-6,8-9,13,19H,7H2,1-2H3,(H,20,21). The predicted octanol–water partition coefficient (Wildman–Crippen LogP) is 2.73. The van der Waals surface area contributed by atoms with Crippen LogP contribution in [0.2, 0.25) is 0 Å². The number of methoxy groups -OCH3 is 2. The van der Waals surface area contributed by atoms with E-state index in [0.717, 1.165) is 0 Å². The number of nitro groups is 1. The zero-order valence-corrected chi connectivity index (χ0v) is 13.6. The lowest BCUT2D eigenvalue weighted by Crippen LogP contribution is -2.15. The molecule has 0 fully saturated rings. The molecule has 0 aliphatic carbocycles. The van der Waals surface area contributed by atoms with E-state index >= 15 is 0 Å². The number of hydrogen-bond donors (Lipinski definition) is 2. The van der Waals surface area contributed by atoms with Crippen molar-refractivity contribution >= 4 is 11.7 Å². The van der Waals surface area contributed by atoms with Crippen LogP contribution >= 0.6 is 0 Å². The summed E-state index contributed by atoms with van der Waals surface area (Å²) in [6.07, 6.45) is -0.0197. The summed E-state index contributed by atoms with van der Waals surface area (Å²) in [5.74, 6) is -1.70. The number of benzene rings is 2. The number of carboxylic acids is 1. The van der Waals surface area contributed by atoms with Crippen LogP contribution in [0.3, 0.4) is 0 Å². The summed E-state index contributed by atoms with van der Waals surface area (Å²) in [7, 11) is 2.69. The second-order valence-corrected chi connectivity index (χ2v) is 5.28. The van der Waals surface area contributed by atoms with Crippen LogP contribution in [0.1, 0.15) is 17.0 Å². The number of ether oxygens (including phenoxy) is 2. The van der Waals surface area contributed by atoms with Gasteiger partial charge in [0.1, 0.15) is 11.5 Å². The third-order valence-corrected chi connectivity index (χ3v) is 3.80. The summed E-state index contributed by atoms with van der Waals surface area (Å²) in [6, 6.07) is 8.40. The number of nitro benzene ring substituents is 1. The molecule has 0 aliphatic heterocycles. The number of hydrogen-bond acceptors (Lipinski definition) is 6. The third kappa shape index (κ3) is 3.97. The lowest BCUT2D eigenvalue weighted by atomic mass is 9.91. The van der Waals surface area contributed by atoms with Gasteiger partial charge < -0.3 is 19.7 Å². The van der Waals surface area contributed by atoms with E-state index < -0.39 is 16.8 Å². The highest BCUT2D eigenvalue weighted by atomic mass is 16.6. The minimum atomic E-state index is -1.09. The van der Waals surface area contributed by atoms with Gasteiger partial charge in [-0.15, -0.1) is 0 Å². The molecule has 0 aliphatic rings. The fourth-order valence-electron chi connectivity index (χ4n) is 2.52. The first kappa shape index (κ1) is 18.1. The van der Waals surface area contributed by atoms with Gasteiger partial charge in [0.15, 0.2) is 0 Å². The molecule has 0 aromatic heterocycles. The molecule has 0 saturated heterocycles. The molecule has 132 valence electrons. The first-order valence-electron chi connectivity index (χ1n) is 7.28. The monoisotopic (exact) mass is 347 g/mol. The lowest BCUT2D eigenvalue weighted by Gasteiger charge is -2.16. The normalized spacial score (nSPS) is 11.6. The molecule has 25 heavy (non-hydrogen) atoms. The molecule has 0 amide bonds. The molecule has 2 N–H and O–H groups in total. The van der Waals surface area contributed by atoms with E-state index in [1.54, 1.807) is 0 Å². The molecule has 0 saturated carbocycles. The van der Waals surface area contributed by atoms with Gasteiger partial charge in [-0.1, -0.05) is 12.1 Å². The maximum Gasteiger partial charge on any atom is 0.311 e. The van der Waals surface area contributed by atoms with Crippen molar-refractivity contribution < 1.29 is 29.4 Å². The Hall–Kier alpha value is -3.29. The van der Waals surface area contributed by atoms with Crippen molar-refractivity contribution in [3.63, 3.8) is 0 Å². The molecule has 0 radical (unpaired) electrons. The first-order chi connectivity index (χ1) is 11.9. The van der Waals surface area contributed by atoms with Gasteiger partial charge in [0.25, 0.3) is 0 Å². The highest BCUT2D eigenvalue weighted by Gasteiger charge is 2.26. The Morgan fingerprint density at radius 2 is 1.76 bits per heavy atom. The molecule has 8 nitrogen and oxygen atoms in total. The second kappa shape index (κ2) is 7.52. The van der Waals surface area contributed by atoms with Gasteiger partial charge in [-0.25, -0.2) is 0 Å². The quantitative estimate of drug-likeness (QED) is 0.584. The van der Waals surface area contributed by atoms with Crippen LogP contribution in [0.25, 0.3) is 0 Å². The topological polar surface area (TPSA) is 119 Å². The number of phenols is 1. The lowest BCUT2D eigenvalue weighted by molar-refractivity contribution is -0.385. The molecule has 2 aromatic rings. The van der Waals surface area contributed by atoms with E-state index in [2.05, 4.69) is 0 Å². The second-order valence-electron chi connectivity index (χ2n) is 5.28. The van der Waals surface area contributed by atoms with Gasteiger partial charge in [0.05, 0.1) is 25.1 Å². The molecule has 0 spiro atoms. The Labute approximate surface area is 143 Å². The van der Waals surface area contributed by atoms with Crippen molar-refractivity contribution in [2.24, 2.45) is 0 Å². The van der Waals surface area contributed by atoms with E-state index in [-0.39, 0.29) is 23.6 Å². The average molecular weight is 347 g/mol. The van der Waals surface area contributed by atoms with Gasteiger partial charge in [-0.05, 0) is 24.1 Å². The summed E-state index contributed by atoms with van der Waals surface area (Å²) in [4.78, 5) is 22.3. The van der Waals surface area contributed by atoms with Crippen LogP contribution < -0.4 is 9.47 Å². The van der Waals surface area contributed by atoms with Crippen LogP contribution in [0, 0.1) is 10.1 Å². The number of rotatable bonds is 7. The van der Waals surface area contributed by atoms with Crippen LogP contribution in [0.4, 0.5) is 5.69 Å². The highest BCUT2D eigenvalue weighted by molar-refractivity contribution is 5.77. The third-order valence-electron chi connectivity index (χ3n) is 3.80. The van der Waals surface area contributed by atoms with E-state index in [0.29, 0.717) is 16.9 Å².